The molecule has 1 N–H and O–H groups in total. The zero-order chi connectivity index (χ0) is 30.8. The lowest BCUT2D eigenvalue weighted by Crippen LogP contribution is -2.54. The zero-order valence-electron chi connectivity index (χ0n) is 24.6. The maximum Gasteiger partial charge on any atom is 0.265 e. The number of carbonyl (C=O) groups excluding carboxylic acids is 2. The third-order valence-electron chi connectivity index (χ3n) is 7.50. The Balaban J connectivity index is 1.41. The van der Waals surface area contributed by atoms with Crippen LogP contribution in [0, 0.1) is 0 Å². The molecular weight excluding hydrogens is 582 g/mol. The van der Waals surface area contributed by atoms with Gasteiger partial charge in [-0.05, 0) is 61.9 Å². The van der Waals surface area contributed by atoms with Gasteiger partial charge in [0.25, 0.3) is 10.0 Å². The van der Waals surface area contributed by atoms with Crippen molar-refractivity contribution < 1.29 is 18.0 Å². The van der Waals surface area contributed by atoms with Crippen LogP contribution in [0.5, 0.6) is 0 Å². The summed E-state index contributed by atoms with van der Waals surface area (Å²) in [5.74, 6) is -0.516. The summed E-state index contributed by atoms with van der Waals surface area (Å²) in [7, 11) is -3.73. The molecule has 1 atom stereocenters. The van der Waals surface area contributed by atoms with E-state index in [4.69, 9.17) is 11.6 Å². The Hall–Kier alpha value is -3.88. The number of benzene rings is 4. The fourth-order valence-electron chi connectivity index (χ4n) is 5.53. The van der Waals surface area contributed by atoms with Crippen LogP contribution in [0.3, 0.4) is 0 Å². The van der Waals surface area contributed by atoms with Crippen molar-refractivity contribution in [2.75, 3.05) is 10.8 Å². The van der Waals surface area contributed by atoms with Crippen LogP contribution in [0.2, 0.25) is 5.02 Å². The number of hydrogen-bond donors (Lipinski definition) is 1. The quantitative estimate of drug-likeness (QED) is 0.225. The van der Waals surface area contributed by atoms with Crippen molar-refractivity contribution in [1.29, 1.82) is 0 Å². The predicted molar refractivity (Wildman–Crippen MR) is 172 cm³/mol. The molecule has 4 aromatic rings. The summed E-state index contributed by atoms with van der Waals surface area (Å²) in [6.07, 6.45) is 0.647. The van der Waals surface area contributed by atoms with E-state index < -0.39 is 21.6 Å². The minimum atomic E-state index is -3.73. The van der Waals surface area contributed by atoms with Crippen LogP contribution in [0.25, 0.3) is 10.8 Å². The van der Waals surface area contributed by atoms with Gasteiger partial charge in [0.1, 0.15) is 6.04 Å². The first kappa shape index (κ1) is 30.6. The normalized spacial score (nSPS) is 14.5. The molecule has 9 heteroatoms. The summed E-state index contributed by atoms with van der Waals surface area (Å²) < 4.78 is 28.3. The summed E-state index contributed by atoms with van der Waals surface area (Å²) in [6, 6.07) is 26.9. The summed E-state index contributed by atoms with van der Waals surface area (Å²) in [6.45, 7) is 5.99. The van der Waals surface area contributed by atoms with Gasteiger partial charge in [0.05, 0.1) is 10.6 Å². The van der Waals surface area contributed by atoms with E-state index >= 15 is 0 Å². The van der Waals surface area contributed by atoms with Gasteiger partial charge >= 0.3 is 0 Å². The first-order valence-corrected chi connectivity index (χ1v) is 16.2. The van der Waals surface area contributed by atoms with Crippen molar-refractivity contribution in [2.24, 2.45) is 0 Å². The molecule has 5 rings (SSSR count). The van der Waals surface area contributed by atoms with Gasteiger partial charge in [-0.2, -0.15) is 0 Å². The molecule has 0 aliphatic carbocycles. The molecular formula is C34H36ClN3O4S. The van der Waals surface area contributed by atoms with E-state index in [0.29, 0.717) is 22.5 Å². The number of rotatable bonds is 10. The molecule has 1 aliphatic heterocycles. The largest absolute Gasteiger partial charge is 0.350 e. The molecule has 7 nitrogen and oxygen atoms in total. The van der Waals surface area contributed by atoms with Crippen molar-refractivity contribution in [3.05, 3.63) is 107 Å². The number of carbonyl (C=O) groups is 2. The molecule has 0 bridgehead atoms. The smallest absolute Gasteiger partial charge is 0.265 e. The standard InChI is InChI=1S/C34H36ClN3O4S/c1-34(2,3)36-33(40)29(22-24-12-5-4-6-13-24)37(23-26-14-7-8-17-27(26)35)31(39)20-11-21-38-28-18-9-15-25-16-10-19-30(32(25)28)43(38,41)42/h4-10,12-19,29H,11,20-23H2,1-3H3,(H,36,40)/t29-/m1/s1. The summed E-state index contributed by atoms with van der Waals surface area (Å²) in [5.41, 5.74) is 1.76. The van der Waals surface area contributed by atoms with E-state index in [1.54, 1.807) is 29.2 Å². The van der Waals surface area contributed by atoms with E-state index in [-0.39, 0.29) is 42.6 Å². The topological polar surface area (TPSA) is 86.8 Å². The van der Waals surface area contributed by atoms with Gasteiger partial charge in [0, 0.05) is 41.9 Å². The van der Waals surface area contributed by atoms with Crippen LogP contribution in [0.1, 0.15) is 44.7 Å². The average Bonchev–Trinajstić information content (AvgIpc) is 3.18. The predicted octanol–water partition coefficient (Wildman–Crippen LogP) is 6.34. The van der Waals surface area contributed by atoms with Gasteiger partial charge in [0.15, 0.2) is 0 Å². The summed E-state index contributed by atoms with van der Waals surface area (Å²) >= 11 is 6.52. The van der Waals surface area contributed by atoms with Crippen molar-refractivity contribution in [1.82, 2.24) is 10.2 Å². The Bertz CT molecular complexity index is 1750. The lowest BCUT2D eigenvalue weighted by molar-refractivity contribution is -0.142. The molecule has 1 heterocycles. The van der Waals surface area contributed by atoms with Gasteiger partial charge in [-0.25, -0.2) is 8.42 Å². The molecule has 0 fully saturated rings. The van der Waals surface area contributed by atoms with Crippen LogP contribution < -0.4 is 9.62 Å². The number of nitrogens with zero attached hydrogens (tertiary/aromatic N) is 2. The molecule has 0 unspecified atom stereocenters. The highest BCUT2D eigenvalue weighted by atomic mass is 35.5. The highest BCUT2D eigenvalue weighted by Crippen LogP contribution is 2.42. The average molecular weight is 618 g/mol. The van der Waals surface area contributed by atoms with Gasteiger partial charge in [-0.1, -0.05) is 84.4 Å². The molecule has 4 aromatic carbocycles. The molecule has 0 saturated heterocycles. The second kappa shape index (κ2) is 12.4. The van der Waals surface area contributed by atoms with E-state index in [1.165, 1.54) is 4.31 Å². The van der Waals surface area contributed by atoms with Gasteiger partial charge < -0.3 is 10.2 Å². The Morgan fingerprint density at radius 3 is 2.28 bits per heavy atom. The number of anilines is 1. The molecule has 1 aliphatic rings. The summed E-state index contributed by atoms with van der Waals surface area (Å²) in [5, 5.41) is 5.12. The summed E-state index contributed by atoms with van der Waals surface area (Å²) in [4.78, 5) is 29.7. The number of hydrogen-bond acceptors (Lipinski definition) is 4. The van der Waals surface area contributed by atoms with Crippen LogP contribution in [0.15, 0.2) is 95.9 Å². The third kappa shape index (κ3) is 6.71. The van der Waals surface area contributed by atoms with Crippen molar-refractivity contribution in [3.8, 4) is 0 Å². The number of amides is 2. The molecule has 2 amide bonds. The van der Waals surface area contributed by atoms with Gasteiger partial charge in [0.2, 0.25) is 11.8 Å². The monoisotopic (exact) mass is 617 g/mol. The van der Waals surface area contributed by atoms with Crippen molar-refractivity contribution in [2.45, 2.75) is 63.1 Å². The first-order valence-electron chi connectivity index (χ1n) is 14.4. The minimum absolute atomic E-state index is 0.0525. The second-order valence-electron chi connectivity index (χ2n) is 11.9. The fraction of sp³-hybridized carbons (Fsp3) is 0.294. The second-order valence-corrected chi connectivity index (χ2v) is 14.1. The van der Waals surface area contributed by atoms with Gasteiger partial charge in [-0.3, -0.25) is 13.9 Å². The Labute approximate surface area is 258 Å². The lowest BCUT2D eigenvalue weighted by Gasteiger charge is -2.34. The van der Waals surface area contributed by atoms with Crippen LogP contribution in [-0.2, 0) is 32.6 Å². The Morgan fingerprint density at radius 2 is 1.58 bits per heavy atom. The van der Waals surface area contributed by atoms with Crippen molar-refractivity contribution >= 4 is 49.9 Å². The highest BCUT2D eigenvalue weighted by molar-refractivity contribution is 7.93. The lowest BCUT2D eigenvalue weighted by atomic mass is 10.00. The molecule has 0 spiro atoms. The SMILES string of the molecule is CC(C)(C)NC(=O)[C@@H](Cc1ccccc1)N(Cc1ccccc1Cl)C(=O)CCCN1c2cccc3cccc(c23)S1(=O)=O. The maximum absolute atomic E-state index is 14.0. The van der Waals surface area contributed by atoms with E-state index in [2.05, 4.69) is 5.32 Å². The Morgan fingerprint density at radius 1 is 0.907 bits per heavy atom. The van der Waals surface area contributed by atoms with Crippen molar-refractivity contribution in [3.63, 3.8) is 0 Å². The Kier molecular flexibility index (Phi) is 8.81. The van der Waals surface area contributed by atoms with Gasteiger partial charge in [-0.15, -0.1) is 0 Å². The highest BCUT2D eigenvalue weighted by Gasteiger charge is 2.36. The molecule has 0 radical (unpaired) electrons. The molecule has 224 valence electrons. The fourth-order valence-corrected chi connectivity index (χ4v) is 7.48. The van der Waals surface area contributed by atoms with E-state index in [9.17, 15) is 18.0 Å². The first-order chi connectivity index (χ1) is 20.5. The molecule has 0 aromatic heterocycles. The molecule has 43 heavy (non-hydrogen) atoms. The van der Waals surface area contributed by atoms with E-state index in [0.717, 1.165) is 16.5 Å². The van der Waals surface area contributed by atoms with Crippen LogP contribution in [0.4, 0.5) is 5.69 Å². The van der Waals surface area contributed by atoms with E-state index in [1.807, 2.05) is 87.5 Å². The molecule has 0 saturated carbocycles. The van der Waals surface area contributed by atoms with Crippen LogP contribution >= 0.6 is 11.6 Å². The minimum Gasteiger partial charge on any atom is -0.350 e. The zero-order valence-corrected chi connectivity index (χ0v) is 26.2. The third-order valence-corrected chi connectivity index (χ3v) is 9.73. The number of halogens is 1. The number of sulfonamides is 1. The van der Waals surface area contributed by atoms with Crippen LogP contribution in [-0.4, -0.2) is 43.3 Å². The number of nitrogens with one attached hydrogen (secondary N) is 1. The maximum atomic E-state index is 14.0.